The highest BCUT2D eigenvalue weighted by molar-refractivity contribution is 6.32. The first-order valence-electron chi connectivity index (χ1n) is 8.11. The third-order valence-electron chi connectivity index (χ3n) is 3.83. The van der Waals surface area contributed by atoms with E-state index in [0.29, 0.717) is 22.3 Å². The van der Waals surface area contributed by atoms with Crippen LogP contribution in [0.4, 0.5) is 0 Å². The molecule has 0 bridgehead atoms. The summed E-state index contributed by atoms with van der Waals surface area (Å²) in [4.78, 5) is 0. The van der Waals surface area contributed by atoms with Gasteiger partial charge in [-0.25, -0.2) is 0 Å². The predicted molar refractivity (Wildman–Crippen MR) is 103 cm³/mol. The van der Waals surface area contributed by atoms with Crippen LogP contribution in [0.2, 0.25) is 5.02 Å². The molecule has 0 aliphatic rings. The number of benzene rings is 3. The fourth-order valence-corrected chi connectivity index (χ4v) is 2.60. The van der Waals surface area contributed by atoms with E-state index < -0.39 is 0 Å². The Morgan fingerprint density at radius 1 is 0.552 bits per heavy atom. The maximum absolute atomic E-state index is 9.14. The first-order chi connectivity index (χ1) is 14.1. The minimum Gasteiger partial charge on any atom is -0.457 e. The largest absolute Gasteiger partial charge is 0.457 e. The van der Waals surface area contributed by atoms with E-state index in [1.807, 2.05) is 24.3 Å². The first kappa shape index (κ1) is 19.3. The van der Waals surface area contributed by atoms with Crippen molar-refractivity contribution in [2.45, 2.75) is 0 Å². The standard InChI is InChI=1S/C22H9ClN4O2/c23-21-6-5-20(28-18-3-1-14(10-24)16(7-18)12-26)9-22(21)29-19-4-2-15(11-25)17(8-19)13-27/h1-9H. The Labute approximate surface area is 171 Å². The molecule has 0 heterocycles. The normalized spacial score (nSPS) is 9.41. The number of nitriles is 4. The molecule has 3 rings (SSSR count). The molecule has 6 nitrogen and oxygen atoms in total. The van der Waals surface area contributed by atoms with Gasteiger partial charge in [0.15, 0.2) is 0 Å². The maximum atomic E-state index is 9.14. The molecule has 0 saturated carbocycles. The monoisotopic (exact) mass is 396 g/mol. The second kappa shape index (κ2) is 8.47. The summed E-state index contributed by atoms with van der Waals surface area (Å²) in [6.07, 6.45) is 0. The summed E-state index contributed by atoms with van der Waals surface area (Å²) >= 11 is 6.19. The molecular formula is C22H9ClN4O2. The van der Waals surface area contributed by atoms with Gasteiger partial charge < -0.3 is 9.47 Å². The Morgan fingerprint density at radius 3 is 1.52 bits per heavy atom. The highest BCUT2D eigenvalue weighted by Crippen LogP contribution is 2.35. The van der Waals surface area contributed by atoms with Crippen molar-refractivity contribution in [3.05, 3.63) is 81.9 Å². The minimum absolute atomic E-state index is 0.190. The second-order valence-electron chi connectivity index (χ2n) is 5.66. The van der Waals surface area contributed by atoms with E-state index in [1.165, 1.54) is 24.3 Å². The summed E-state index contributed by atoms with van der Waals surface area (Å²) in [5, 5.41) is 36.6. The van der Waals surface area contributed by atoms with Crippen LogP contribution >= 0.6 is 11.6 Å². The summed E-state index contributed by atoms with van der Waals surface area (Å²) in [6, 6.07) is 21.6. The van der Waals surface area contributed by atoms with Gasteiger partial charge in [0, 0.05) is 6.07 Å². The minimum atomic E-state index is 0.190. The summed E-state index contributed by atoms with van der Waals surface area (Å²) in [7, 11) is 0. The van der Waals surface area contributed by atoms with E-state index in [0.717, 1.165) is 0 Å². The number of hydrogen-bond donors (Lipinski definition) is 0. The van der Waals surface area contributed by atoms with Gasteiger partial charge in [0.1, 0.15) is 47.3 Å². The van der Waals surface area contributed by atoms with Crippen LogP contribution in [-0.4, -0.2) is 0 Å². The molecular weight excluding hydrogens is 388 g/mol. The molecule has 7 heteroatoms. The van der Waals surface area contributed by atoms with Gasteiger partial charge in [-0.05, 0) is 48.5 Å². The number of hydrogen-bond acceptors (Lipinski definition) is 6. The zero-order valence-electron chi connectivity index (χ0n) is 14.7. The molecule has 0 atom stereocenters. The van der Waals surface area contributed by atoms with Gasteiger partial charge in [-0.15, -0.1) is 0 Å². The van der Waals surface area contributed by atoms with Crippen molar-refractivity contribution in [2.24, 2.45) is 0 Å². The van der Waals surface area contributed by atoms with Crippen LogP contribution in [0, 0.1) is 45.3 Å². The highest BCUT2D eigenvalue weighted by Gasteiger charge is 2.10. The molecule has 0 aliphatic heterocycles. The van der Waals surface area contributed by atoms with Gasteiger partial charge in [-0.1, -0.05) is 11.6 Å². The van der Waals surface area contributed by atoms with Crippen molar-refractivity contribution < 1.29 is 9.47 Å². The lowest BCUT2D eigenvalue weighted by Gasteiger charge is -2.11. The van der Waals surface area contributed by atoms with Crippen LogP contribution in [0.25, 0.3) is 0 Å². The number of halogens is 1. The molecule has 0 spiro atoms. The average Bonchev–Trinajstić information content (AvgIpc) is 2.75. The lowest BCUT2D eigenvalue weighted by atomic mass is 10.1. The van der Waals surface area contributed by atoms with Crippen molar-refractivity contribution in [2.75, 3.05) is 0 Å². The second-order valence-corrected chi connectivity index (χ2v) is 6.07. The van der Waals surface area contributed by atoms with E-state index >= 15 is 0 Å². The summed E-state index contributed by atoms with van der Waals surface area (Å²) in [5.41, 5.74) is 0.901. The number of ether oxygens (including phenoxy) is 2. The average molecular weight is 397 g/mol. The molecule has 0 radical (unpaired) electrons. The molecule has 3 aromatic carbocycles. The van der Waals surface area contributed by atoms with E-state index in [1.54, 1.807) is 30.3 Å². The SMILES string of the molecule is N#Cc1ccc(Oc2ccc(Cl)c(Oc3ccc(C#N)c(C#N)c3)c2)cc1C#N. The molecule has 0 amide bonds. The van der Waals surface area contributed by atoms with Crippen molar-refractivity contribution in [3.8, 4) is 47.3 Å². The molecule has 0 N–H and O–H groups in total. The third kappa shape index (κ3) is 4.26. The van der Waals surface area contributed by atoms with Crippen LogP contribution in [-0.2, 0) is 0 Å². The van der Waals surface area contributed by atoms with Crippen LogP contribution in [0.5, 0.6) is 23.0 Å². The quantitative estimate of drug-likeness (QED) is 0.582. The molecule has 0 aliphatic carbocycles. The summed E-state index contributed by atoms with van der Waals surface area (Å²) in [5.74, 6) is 1.39. The molecule has 3 aromatic rings. The fraction of sp³-hybridized carbons (Fsp3) is 0. The van der Waals surface area contributed by atoms with Gasteiger partial charge in [-0.2, -0.15) is 21.0 Å². The molecule has 29 heavy (non-hydrogen) atoms. The Balaban J connectivity index is 1.88. The van der Waals surface area contributed by atoms with E-state index in [4.69, 9.17) is 42.1 Å². The Hall–Kier alpha value is -4.49. The number of rotatable bonds is 4. The first-order valence-corrected chi connectivity index (χ1v) is 8.49. The molecule has 0 aromatic heterocycles. The molecule has 0 saturated heterocycles. The van der Waals surface area contributed by atoms with Gasteiger partial charge >= 0.3 is 0 Å². The van der Waals surface area contributed by atoms with Gasteiger partial charge in [0.2, 0.25) is 0 Å². The van der Waals surface area contributed by atoms with Crippen molar-refractivity contribution in [1.29, 1.82) is 21.0 Å². The van der Waals surface area contributed by atoms with Crippen molar-refractivity contribution >= 4 is 11.6 Å². The topological polar surface area (TPSA) is 114 Å². The van der Waals surface area contributed by atoms with Crippen LogP contribution in [0.3, 0.4) is 0 Å². The zero-order valence-corrected chi connectivity index (χ0v) is 15.4. The summed E-state index contributed by atoms with van der Waals surface area (Å²) < 4.78 is 11.5. The van der Waals surface area contributed by atoms with Gasteiger partial charge in [0.05, 0.1) is 27.3 Å². The number of nitrogens with zero attached hydrogens (tertiary/aromatic N) is 4. The van der Waals surface area contributed by atoms with Crippen LogP contribution in [0.1, 0.15) is 22.3 Å². The Bertz CT molecular complexity index is 1270. The van der Waals surface area contributed by atoms with E-state index in [2.05, 4.69) is 0 Å². The third-order valence-corrected chi connectivity index (χ3v) is 4.14. The Kier molecular flexibility index (Phi) is 5.63. The highest BCUT2D eigenvalue weighted by atomic mass is 35.5. The summed E-state index contributed by atoms with van der Waals surface area (Å²) in [6.45, 7) is 0. The van der Waals surface area contributed by atoms with Crippen LogP contribution in [0.15, 0.2) is 54.6 Å². The van der Waals surface area contributed by atoms with E-state index in [-0.39, 0.29) is 28.0 Å². The predicted octanol–water partition coefficient (Wildman–Crippen LogP) is 5.41. The fourth-order valence-electron chi connectivity index (χ4n) is 2.44. The lowest BCUT2D eigenvalue weighted by molar-refractivity contribution is 0.460. The van der Waals surface area contributed by atoms with E-state index in [9.17, 15) is 0 Å². The Morgan fingerprint density at radius 2 is 1.00 bits per heavy atom. The molecule has 136 valence electrons. The van der Waals surface area contributed by atoms with Crippen molar-refractivity contribution in [1.82, 2.24) is 0 Å². The zero-order chi connectivity index (χ0) is 20.8. The molecule has 0 fully saturated rings. The molecule has 0 unspecified atom stereocenters. The van der Waals surface area contributed by atoms with Gasteiger partial charge in [-0.3, -0.25) is 0 Å². The van der Waals surface area contributed by atoms with Gasteiger partial charge in [0.25, 0.3) is 0 Å². The van der Waals surface area contributed by atoms with Crippen molar-refractivity contribution in [3.63, 3.8) is 0 Å². The smallest absolute Gasteiger partial charge is 0.149 e. The lowest BCUT2D eigenvalue weighted by Crippen LogP contribution is -1.91. The van der Waals surface area contributed by atoms with Crippen LogP contribution < -0.4 is 9.47 Å². The maximum Gasteiger partial charge on any atom is 0.149 e.